The van der Waals surface area contributed by atoms with Gasteiger partial charge in [0.1, 0.15) is 11.5 Å². The van der Waals surface area contributed by atoms with E-state index in [0.717, 1.165) is 17.1 Å². The summed E-state index contributed by atoms with van der Waals surface area (Å²) in [6.45, 7) is 4.23. The molecule has 2 amide bonds. The summed E-state index contributed by atoms with van der Waals surface area (Å²) in [4.78, 5) is 11.8. The van der Waals surface area contributed by atoms with Crippen LogP contribution in [0.1, 0.15) is 30.0 Å². The molecule has 1 aromatic heterocycles. The number of furan rings is 1. The van der Waals surface area contributed by atoms with Crippen LogP contribution in [-0.2, 0) is 6.42 Å². The van der Waals surface area contributed by atoms with Crippen molar-refractivity contribution in [2.24, 2.45) is 0 Å². The highest BCUT2D eigenvalue weighted by molar-refractivity contribution is 6.34. The van der Waals surface area contributed by atoms with Crippen LogP contribution in [0.2, 0.25) is 10.0 Å². The molecule has 0 fully saturated rings. The van der Waals surface area contributed by atoms with E-state index >= 15 is 0 Å². The monoisotopic (exact) mass is 340 g/mol. The number of nitrogens with one attached hydrogen (secondary N) is 2. The number of hydrogen-bond acceptors (Lipinski definition) is 2. The number of carbonyl (C=O) groups is 1. The summed E-state index contributed by atoms with van der Waals surface area (Å²) >= 11 is 11.9. The van der Waals surface area contributed by atoms with Crippen molar-refractivity contribution < 1.29 is 9.21 Å². The van der Waals surface area contributed by atoms with Crippen LogP contribution < -0.4 is 10.6 Å². The molecule has 2 aromatic rings. The number of halogens is 2. The summed E-state index contributed by atoms with van der Waals surface area (Å²) in [6, 6.07) is 8.65. The largest absolute Gasteiger partial charge is 0.464 e. The summed E-state index contributed by atoms with van der Waals surface area (Å²) in [6.07, 6.45) is 0.655. The van der Waals surface area contributed by atoms with Gasteiger partial charge in [0.2, 0.25) is 0 Å². The van der Waals surface area contributed by atoms with Crippen molar-refractivity contribution in [2.75, 3.05) is 6.54 Å². The fourth-order valence-electron chi connectivity index (χ4n) is 2.08. The topological polar surface area (TPSA) is 54.3 Å². The van der Waals surface area contributed by atoms with Crippen LogP contribution in [0.4, 0.5) is 4.79 Å². The van der Waals surface area contributed by atoms with Crippen LogP contribution >= 0.6 is 23.2 Å². The first kappa shape index (κ1) is 16.7. The molecular formula is C16H18Cl2N2O2. The van der Waals surface area contributed by atoms with Gasteiger partial charge in [0, 0.05) is 16.6 Å². The molecule has 2 rings (SSSR count). The van der Waals surface area contributed by atoms with E-state index in [2.05, 4.69) is 10.6 Å². The van der Waals surface area contributed by atoms with Crippen LogP contribution in [0.25, 0.3) is 0 Å². The highest BCUT2D eigenvalue weighted by atomic mass is 35.5. The summed E-state index contributed by atoms with van der Waals surface area (Å²) in [7, 11) is 0. The molecule has 0 bridgehead atoms. The molecule has 0 saturated carbocycles. The molecule has 1 unspecified atom stereocenters. The van der Waals surface area contributed by atoms with Crippen LogP contribution in [0.15, 0.2) is 34.7 Å². The molecule has 4 nitrogen and oxygen atoms in total. The minimum Gasteiger partial charge on any atom is -0.464 e. The first-order valence-electron chi connectivity index (χ1n) is 6.99. The number of amides is 2. The second-order valence-corrected chi connectivity index (χ2v) is 5.97. The Labute approximate surface area is 139 Å². The molecule has 0 aliphatic carbocycles. The zero-order valence-electron chi connectivity index (χ0n) is 12.5. The first-order chi connectivity index (χ1) is 10.4. The maximum atomic E-state index is 11.8. The van der Waals surface area contributed by atoms with Crippen LogP contribution in [0.5, 0.6) is 0 Å². The lowest BCUT2D eigenvalue weighted by Crippen LogP contribution is -2.37. The van der Waals surface area contributed by atoms with E-state index in [9.17, 15) is 4.79 Å². The van der Waals surface area contributed by atoms with E-state index < -0.39 is 0 Å². The van der Waals surface area contributed by atoms with Gasteiger partial charge in [-0.2, -0.15) is 0 Å². The van der Waals surface area contributed by atoms with Crippen molar-refractivity contribution in [1.82, 2.24) is 10.6 Å². The lowest BCUT2D eigenvalue weighted by atomic mass is 10.1. The van der Waals surface area contributed by atoms with Crippen LogP contribution in [0.3, 0.4) is 0 Å². The normalized spacial score (nSPS) is 12.0. The van der Waals surface area contributed by atoms with Gasteiger partial charge in [0.15, 0.2) is 0 Å². The Balaban J connectivity index is 1.78. The first-order valence-corrected chi connectivity index (χ1v) is 7.75. The second-order valence-electron chi connectivity index (χ2n) is 5.10. The molecule has 1 heterocycles. The standard InChI is InChI=1S/C16H18Cl2N2O2/c1-10-3-4-15(22-10)11(2)20-16(21)19-6-5-12-7-13(17)9-14(18)8-12/h3-4,7-9,11H,5-6H2,1-2H3,(H2,19,20,21). The third-order valence-electron chi connectivity index (χ3n) is 3.16. The average molecular weight is 341 g/mol. The van der Waals surface area contributed by atoms with Crippen molar-refractivity contribution in [1.29, 1.82) is 0 Å². The quantitative estimate of drug-likeness (QED) is 0.841. The number of rotatable bonds is 5. The molecule has 118 valence electrons. The lowest BCUT2D eigenvalue weighted by molar-refractivity contribution is 0.236. The molecule has 1 aromatic carbocycles. The van der Waals surface area contributed by atoms with Crippen molar-refractivity contribution >= 4 is 29.2 Å². The molecule has 0 saturated heterocycles. The predicted molar refractivity (Wildman–Crippen MR) is 88.6 cm³/mol. The van der Waals surface area contributed by atoms with Gasteiger partial charge in [-0.1, -0.05) is 23.2 Å². The number of carbonyl (C=O) groups excluding carboxylic acids is 1. The molecule has 1 atom stereocenters. The highest BCUT2D eigenvalue weighted by Crippen LogP contribution is 2.19. The molecule has 0 aliphatic heterocycles. The Hall–Kier alpha value is -1.65. The van der Waals surface area contributed by atoms with E-state index in [1.165, 1.54) is 0 Å². The summed E-state index contributed by atoms with van der Waals surface area (Å²) in [5.41, 5.74) is 0.979. The predicted octanol–water partition coefficient (Wildman–Crippen LogP) is 4.50. The van der Waals surface area contributed by atoms with Gasteiger partial charge in [-0.3, -0.25) is 0 Å². The molecule has 6 heteroatoms. The van der Waals surface area contributed by atoms with E-state index in [4.69, 9.17) is 27.6 Å². The van der Waals surface area contributed by atoms with Gasteiger partial charge >= 0.3 is 6.03 Å². The van der Waals surface area contributed by atoms with E-state index in [-0.39, 0.29) is 12.1 Å². The van der Waals surface area contributed by atoms with Crippen LogP contribution in [-0.4, -0.2) is 12.6 Å². The third kappa shape index (κ3) is 4.97. The fourth-order valence-corrected chi connectivity index (χ4v) is 2.65. The number of urea groups is 1. The minimum atomic E-state index is -0.241. The maximum absolute atomic E-state index is 11.8. The Morgan fingerprint density at radius 3 is 2.50 bits per heavy atom. The van der Waals surface area contributed by atoms with Gasteiger partial charge in [0.05, 0.1) is 6.04 Å². The molecule has 0 radical (unpaired) electrons. The average Bonchev–Trinajstić information content (AvgIpc) is 2.84. The molecule has 22 heavy (non-hydrogen) atoms. The van der Waals surface area contributed by atoms with Crippen molar-refractivity contribution in [3.8, 4) is 0 Å². The third-order valence-corrected chi connectivity index (χ3v) is 3.59. The van der Waals surface area contributed by atoms with Crippen molar-refractivity contribution in [2.45, 2.75) is 26.3 Å². The lowest BCUT2D eigenvalue weighted by Gasteiger charge is -2.12. The minimum absolute atomic E-state index is 0.186. The Bertz CT molecular complexity index is 635. The second kappa shape index (κ2) is 7.56. The van der Waals surface area contributed by atoms with Crippen LogP contribution in [0, 0.1) is 6.92 Å². The number of aryl methyl sites for hydroxylation is 1. The SMILES string of the molecule is Cc1ccc(C(C)NC(=O)NCCc2cc(Cl)cc(Cl)c2)o1. The molecular weight excluding hydrogens is 323 g/mol. The van der Waals surface area contributed by atoms with E-state index in [0.29, 0.717) is 23.0 Å². The molecule has 2 N–H and O–H groups in total. The number of hydrogen-bond donors (Lipinski definition) is 2. The van der Waals surface area contributed by atoms with Gasteiger partial charge in [-0.05, 0) is 56.2 Å². The van der Waals surface area contributed by atoms with Gasteiger partial charge in [0.25, 0.3) is 0 Å². The Morgan fingerprint density at radius 2 is 1.91 bits per heavy atom. The van der Waals surface area contributed by atoms with Gasteiger partial charge in [-0.15, -0.1) is 0 Å². The smallest absolute Gasteiger partial charge is 0.315 e. The molecule has 0 aliphatic rings. The summed E-state index contributed by atoms with van der Waals surface area (Å²) < 4.78 is 5.47. The molecule has 0 spiro atoms. The number of benzene rings is 1. The zero-order chi connectivity index (χ0) is 16.1. The Kier molecular flexibility index (Phi) is 5.75. The summed E-state index contributed by atoms with van der Waals surface area (Å²) in [5, 5.41) is 6.81. The van der Waals surface area contributed by atoms with Crippen molar-refractivity contribution in [3.63, 3.8) is 0 Å². The van der Waals surface area contributed by atoms with E-state index in [1.54, 1.807) is 6.07 Å². The van der Waals surface area contributed by atoms with E-state index in [1.807, 2.05) is 38.1 Å². The van der Waals surface area contributed by atoms with Gasteiger partial charge < -0.3 is 15.1 Å². The maximum Gasteiger partial charge on any atom is 0.315 e. The summed E-state index contributed by atoms with van der Waals surface area (Å²) in [5.74, 6) is 1.55. The Morgan fingerprint density at radius 1 is 1.23 bits per heavy atom. The zero-order valence-corrected chi connectivity index (χ0v) is 14.0. The van der Waals surface area contributed by atoms with Crippen molar-refractivity contribution in [3.05, 3.63) is 57.5 Å². The highest BCUT2D eigenvalue weighted by Gasteiger charge is 2.12. The fraction of sp³-hybridized carbons (Fsp3) is 0.312. The van der Waals surface area contributed by atoms with Gasteiger partial charge in [-0.25, -0.2) is 4.79 Å².